The van der Waals surface area contributed by atoms with E-state index in [2.05, 4.69) is 115 Å². The summed E-state index contributed by atoms with van der Waals surface area (Å²) in [5.74, 6) is 5.05. The lowest BCUT2D eigenvalue weighted by molar-refractivity contribution is -0.122. The van der Waals surface area contributed by atoms with E-state index in [0.29, 0.717) is 35.0 Å². The molecule has 3 nitrogen and oxygen atoms in total. The number of carbonyl (C=O) groups is 2. The first-order valence-electron chi connectivity index (χ1n) is 25.4. The van der Waals surface area contributed by atoms with Gasteiger partial charge in [-0.15, -0.1) is 6.58 Å². The fraction of sp³-hybridized carbons (Fsp3) is 0.828. The fourth-order valence-electron chi connectivity index (χ4n) is 4.80. The molecule has 2 saturated carbocycles. The molecular formula is C58H127NO2. The molecule has 0 amide bonds. The molecule has 3 heteroatoms. The molecule has 0 aromatic heterocycles. The third-order valence-electron chi connectivity index (χ3n) is 10.5. The first-order chi connectivity index (χ1) is 28.2. The number of carbonyl (C=O) groups excluding carboxylic acids is 2. The van der Waals surface area contributed by atoms with Crippen LogP contribution in [0, 0.1) is 46.8 Å². The van der Waals surface area contributed by atoms with Crippen LogP contribution in [-0.2, 0) is 9.59 Å². The Balaban J connectivity index is -0.0000000546. The molecule has 61 heavy (non-hydrogen) atoms. The zero-order valence-corrected chi connectivity index (χ0v) is 47.3. The third-order valence-corrected chi connectivity index (χ3v) is 10.5. The molecule has 2 rings (SSSR count). The van der Waals surface area contributed by atoms with E-state index in [1.165, 1.54) is 75.4 Å². The van der Waals surface area contributed by atoms with Crippen molar-refractivity contribution < 1.29 is 9.59 Å². The largest absolute Gasteiger partial charge is 0.386 e. The van der Waals surface area contributed by atoms with Crippen LogP contribution in [0.15, 0.2) is 49.2 Å². The molecular weight excluding hydrogens is 743 g/mol. The number of hydrogen-bond donors (Lipinski definition) is 1. The number of hydrogen-bond acceptors (Lipinski definition) is 3. The summed E-state index contributed by atoms with van der Waals surface area (Å²) >= 11 is 0. The lowest BCUT2D eigenvalue weighted by Crippen LogP contribution is -2.38. The number of nitrogens with one attached hydrogen (secondary N) is 1. The minimum absolute atomic E-state index is 0. The second-order valence-corrected chi connectivity index (χ2v) is 16.3. The van der Waals surface area contributed by atoms with E-state index in [9.17, 15) is 4.79 Å². The normalized spacial score (nSPS) is 13.8. The van der Waals surface area contributed by atoms with E-state index in [1.807, 2.05) is 110 Å². The van der Waals surface area contributed by atoms with Gasteiger partial charge >= 0.3 is 0 Å². The highest BCUT2D eigenvalue weighted by Crippen LogP contribution is 2.34. The molecule has 2 aliphatic carbocycles. The van der Waals surface area contributed by atoms with Crippen molar-refractivity contribution >= 4 is 12.6 Å². The number of ketones is 1. The minimum atomic E-state index is 0. The Bertz CT molecular complexity index is 841. The van der Waals surface area contributed by atoms with Gasteiger partial charge in [-0.1, -0.05) is 249 Å². The van der Waals surface area contributed by atoms with Crippen LogP contribution in [0.4, 0.5) is 0 Å². The van der Waals surface area contributed by atoms with Crippen molar-refractivity contribution in [3.8, 4) is 0 Å². The molecule has 0 radical (unpaired) electrons. The third kappa shape index (κ3) is 64.9. The van der Waals surface area contributed by atoms with E-state index < -0.39 is 0 Å². The zero-order chi connectivity index (χ0) is 50.6. The molecule has 5 atom stereocenters. The highest BCUT2D eigenvalue weighted by atomic mass is 16.1. The molecule has 2 aliphatic rings. The minimum Gasteiger partial charge on any atom is -0.386 e. The predicted octanol–water partition coefficient (Wildman–Crippen LogP) is 20.8. The van der Waals surface area contributed by atoms with Gasteiger partial charge in [0.05, 0.1) is 0 Å². The Morgan fingerprint density at radius 3 is 1.25 bits per heavy atom. The maximum atomic E-state index is 11.0. The average molecular weight is 871 g/mol. The summed E-state index contributed by atoms with van der Waals surface area (Å²) in [5.41, 5.74) is 4.10. The maximum absolute atomic E-state index is 11.0. The van der Waals surface area contributed by atoms with E-state index in [0.717, 1.165) is 29.9 Å². The molecule has 0 aromatic rings. The van der Waals surface area contributed by atoms with Gasteiger partial charge in [0.15, 0.2) is 0 Å². The molecule has 1 N–H and O–H groups in total. The Labute approximate surface area is 393 Å². The summed E-state index contributed by atoms with van der Waals surface area (Å²) in [4.78, 5) is 19.0. The van der Waals surface area contributed by atoms with Crippen LogP contribution < -0.4 is 5.32 Å². The van der Waals surface area contributed by atoms with Crippen LogP contribution in [0.5, 0.6) is 0 Å². The molecule has 0 saturated heterocycles. The summed E-state index contributed by atoms with van der Waals surface area (Å²) in [6.07, 6.45) is 16.5. The number of Topliss-reactive ketones (excluding diaryl/α,β-unsaturated/α-hetero) is 1. The first kappa shape index (κ1) is 86.2. The summed E-state index contributed by atoms with van der Waals surface area (Å²) in [6, 6.07) is 0.637. The second-order valence-electron chi connectivity index (χ2n) is 16.3. The van der Waals surface area contributed by atoms with Gasteiger partial charge in [0, 0.05) is 17.7 Å². The van der Waals surface area contributed by atoms with Gasteiger partial charge in [0.25, 0.3) is 0 Å². The van der Waals surface area contributed by atoms with Gasteiger partial charge in [0.1, 0.15) is 12.6 Å². The van der Waals surface area contributed by atoms with Crippen molar-refractivity contribution in [2.45, 2.75) is 271 Å². The van der Waals surface area contributed by atoms with Crippen LogP contribution in [0.1, 0.15) is 265 Å². The molecule has 0 bridgehead atoms. The van der Waals surface area contributed by atoms with Crippen molar-refractivity contribution in [3.05, 3.63) is 49.2 Å². The lowest BCUT2D eigenvalue weighted by Gasteiger charge is -2.35. The van der Waals surface area contributed by atoms with E-state index in [1.54, 1.807) is 6.92 Å². The highest BCUT2D eigenvalue weighted by molar-refractivity contribution is 5.78. The number of allylic oxidation sites excluding steroid dienone is 4. The molecule has 0 spiro atoms. The van der Waals surface area contributed by atoms with Gasteiger partial charge in [0.2, 0.25) is 0 Å². The molecule has 0 heterocycles. The van der Waals surface area contributed by atoms with Gasteiger partial charge in [-0.25, -0.2) is 0 Å². The van der Waals surface area contributed by atoms with Gasteiger partial charge in [-0.3, -0.25) is 4.79 Å². The maximum Gasteiger partial charge on any atom is 0.132 e. The van der Waals surface area contributed by atoms with Crippen LogP contribution in [0.2, 0.25) is 0 Å². The quantitative estimate of drug-likeness (QED) is 0.140. The van der Waals surface area contributed by atoms with Crippen LogP contribution in [0.25, 0.3) is 0 Å². The average Bonchev–Trinajstić information content (AvgIpc) is 3.22. The van der Waals surface area contributed by atoms with Crippen molar-refractivity contribution in [1.29, 1.82) is 0 Å². The Kier molecular flexibility index (Phi) is 95.0. The summed E-state index contributed by atoms with van der Waals surface area (Å²) in [5, 5.41) is 3.50. The summed E-state index contributed by atoms with van der Waals surface area (Å²) < 4.78 is 0. The fourth-order valence-corrected chi connectivity index (χ4v) is 4.80. The van der Waals surface area contributed by atoms with Gasteiger partial charge < -0.3 is 10.1 Å². The van der Waals surface area contributed by atoms with Crippen molar-refractivity contribution in [1.82, 2.24) is 5.32 Å². The van der Waals surface area contributed by atoms with Gasteiger partial charge in [-0.05, 0) is 93.8 Å². The second kappa shape index (κ2) is 67.2. The molecule has 2 fully saturated rings. The topological polar surface area (TPSA) is 46.2 Å². The predicted molar refractivity (Wildman–Crippen MR) is 294 cm³/mol. The van der Waals surface area contributed by atoms with Crippen molar-refractivity contribution in [3.63, 3.8) is 0 Å². The van der Waals surface area contributed by atoms with Crippen LogP contribution in [-0.4, -0.2) is 18.6 Å². The molecule has 0 aliphatic heterocycles. The lowest BCUT2D eigenvalue weighted by atomic mass is 9.78. The Hall–Kier alpha value is -1.90. The van der Waals surface area contributed by atoms with Gasteiger partial charge in [-0.2, -0.15) is 0 Å². The van der Waals surface area contributed by atoms with Crippen LogP contribution >= 0.6 is 0 Å². The van der Waals surface area contributed by atoms with Crippen molar-refractivity contribution in [2.75, 3.05) is 0 Å². The molecule has 0 aromatic carbocycles. The smallest absolute Gasteiger partial charge is 0.132 e. The van der Waals surface area contributed by atoms with E-state index >= 15 is 0 Å². The van der Waals surface area contributed by atoms with E-state index in [4.69, 9.17) is 4.79 Å². The Morgan fingerprint density at radius 2 is 1.05 bits per heavy atom. The number of rotatable bonds is 14. The highest BCUT2D eigenvalue weighted by Gasteiger charge is 2.26. The summed E-state index contributed by atoms with van der Waals surface area (Å²) in [6.45, 7) is 73.8. The van der Waals surface area contributed by atoms with E-state index in [-0.39, 0.29) is 13.3 Å². The van der Waals surface area contributed by atoms with Crippen LogP contribution in [0.3, 0.4) is 0 Å². The SMILES string of the molecule is C.C=C(C)CC[C@@H](NC(=C)C)C1CCC1.C=CC(=C)C(C)CC1CCC1.C=O.CC.CC.CC.CC.CC.CC.CC(C)C(C)(C)C.CCC.CCC(C)[C@H](C)C(C)C(C)=O. The standard InChI is InChI=1S/C13H23N.C11H18.C10H20O.C7H16.C3H8.6C2H6.CH2O.CH4/c1-10(2)8-9-13(14-11(3)4)12-6-5-7-12;1-4-9(2)10(3)8-11-6-5-7-11;1-6-7(2)8(3)9(4)10(5)11;1-6(2)7(3,4)5;1-3-2;7*1-2;/h12-14H,1,3,5-9H2,2,4H3;4,10-11H,1-2,5-8H2,3H3;7-9H,6H2,1-5H3;6H,1-5H3;3H2,1-2H3;6*1-2H3;1H2;1H4/t13-;;7?,8-,9?;;;;;;;;;;/m1.0........../s1. The molecule has 376 valence electrons. The Morgan fingerprint density at radius 1 is 0.705 bits per heavy atom. The monoisotopic (exact) mass is 870 g/mol. The van der Waals surface area contributed by atoms with Crippen molar-refractivity contribution in [2.24, 2.45) is 46.8 Å². The zero-order valence-electron chi connectivity index (χ0n) is 47.3. The summed E-state index contributed by atoms with van der Waals surface area (Å²) in [7, 11) is 0. The first-order valence-corrected chi connectivity index (χ1v) is 25.4. The molecule has 3 unspecified atom stereocenters.